The Morgan fingerprint density at radius 2 is 1.59 bits per heavy atom. The molecule has 0 heterocycles. The zero-order valence-corrected chi connectivity index (χ0v) is 13.1. The maximum absolute atomic E-state index is 11.6. The van der Waals surface area contributed by atoms with Crippen LogP contribution in [0.2, 0.25) is 0 Å². The van der Waals surface area contributed by atoms with Crippen LogP contribution in [0.3, 0.4) is 0 Å². The number of anilines is 2. The Kier molecular flexibility index (Phi) is 5.83. The monoisotopic (exact) mass is 297 g/mol. The summed E-state index contributed by atoms with van der Waals surface area (Å²) in [6, 6.07) is 18.1. The van der Waals surface area contributed by atoms with E-state index in [0.29, 0.717) is 0 Å². The van der Waals surface area contributed by atoms with Gasteiger partial charge in [0, 0.05) is 24.0 Å². The van der Waals surface area contributed by atoms with Gasteiger partial charge in [0.1, 0.15) is 0 Å². The summed E-state index contributed by atoms with van der Waals surface area (Å²) in [7, 11) is 0. The van der Waals surface area contributed by atoms with Crippen molar-refractivity contribution in [2.75, 3.05) is 17.2 Å². The second kappa shape index (κ2) is 8.08. The van der Waals surface area contributed by atoms with Gasteiger partial charge in [0.05, 0.1) is 0 Å². The molecule has 0 spiro atoms. The summed E-state index contributed by atoms with van der Waals surface area (Å²) in [5, 5.41) is 8.97. The molecule has 0 aromatic heterocycles. The summed E-state index contributed by atoms with van der Waals surface area (Å²) < 4.78 is 0. The van der Waals surface area contributed by atoms with Crippen LogP contribution in [0.5, 0.6) is 0 Å². The van der Waals surface area contributed by atoms with Crippen LogP contribution in [-0.4, -0.2) is 18.6 Å². The molecular weight excluding hydrogens is 274 g/mol. The summed E-state index contributed by atoms with van der Waals surface area (Å²) in [6.07, 6.45) is 0.984. The number of carbonyl (C=O) groups is 1. The molecule has 2 aromatic carbocycles. The Labute approximate surface area is 131 Å². The third-order valence-corrected chi connectivity index (χ3v) is 3.15. The molecular formula is C18H23N3O. The summed E-state index contributed by atoms with van der Waals surface area (Å²) in [5.74, 6) is 0. The van der Waals surface area contributed by atoms with Crippen molar-refractivity contribution in [3.05, 3.63) is 60.2 Å². The van der Waals surface area contributed by atoms with Gasteiger partial charge in [-0.15, -0.1) is 0 Å². The number of rotatable bonds is 6. The molecule has 0 radical (unpaired) electrons. The first-order chi connectivity index (χ1) is 10.6. The van der Waals surface area contributed by atoms with Gasteiger partial charge in [0.15, 0.2) is 0 Å². The van der Waals surface area contributed by atoms with Crippen molar-refractivity contribution in [2.24, 2.45) is 0 Å². The van der Waals surface area contributed by atoms with Gasteiger partial charge in [-0.3, -0.25) is 0 Å². The summed E-state index contributed by atoms with van der Waals surface area (Å²) in [4.78, 5) is 11.6. The fourth-order valence-electron chi connectivity index (χ4n) is 2.10. The molecule has 0 bridgehead atoms. The standard InChI is InChI=1S/C18H23N3O/c1-14(2)20-18(22)21-17-10-8-16(9-11-17)19-13-12-15-6-4-3-5-7-15/h3-11,14,19H,12-13H2,1-2H3,(H2,20,21,22). The van der Waals surface area contributed by atoms with E-state index in [1.807, 2.05) is 44.2 Å². The van der Waals surface area contributed by atoms with E-state index >= 15 is 0 Å². The average Bonchev–Trinajstić information content (AvgIpc) is 2.49. The Morgan fingerprint density at radius 3 is 2.23 bits per heavy atom. The van der Waals surface area contributed by atoms with Crippen molar-refractivity contribution in [3.8, 4) is 0 Å². The van der Waals surface area contributed by atoms with Crippen molar-refractivity contribution in [1.29, 1.82) is 0 Å². The van der Waals surface area contributed by atoms with Crippen molar-refractivity contribution in [3.63, 3.8) is 0 Å². The van der Waals surface area contributed by atoms with E-state index < -0.39 is 0 Å². The minimum Gasteiger partial charge on any atom is -0.385 e. The van der Waals surface area contributed by atoms with Crippen molar-refractivity contribution in [2.45, 2.75) is 26.3 Å². The molecule has 0 unspecified atom stereocenters. The number of nitrogens with one attached hydrogen (secondary N) is 3. The van der Waals surface area contributed by atoms with Crippen LogP contribution in [-0.2, 0) is 6.42 Å². The summed E-state index contributed by atoms with van der Waals surface area (Å²) >= 11 is 0. The number of carbonyl (C=O) groups excluding carboxylic acids is 1. The van der Waals surface area contributed by atoms with Crippen LogP contribution < -0.4 is 16.0 Å². The Bertz CT molecular complexity index is 579. The van der Waals surface area contributed by atoms with E-state index in [4.69, 9.17) is 0 Å². The van der Waals surface area contributed by atoms with Gasteiger partial charge in [-0.2, -0.15) is 0 Å². The minimum atomic E-state index is -0.181. The number of hydrogen-bond acceptors (Lipinski definition) is 2. The van der Waals surface area contributed by atoms with Crippen molar-refractivity contribution < 1.29 is 4.79 Å². The first-order valence-corrected chi connectivity index (χ1v) is 7.59. The molecule has 0 fully saturated rings. The summed E-state index contributed by atoms with van der Waals surface area (Å²) in [5.41, 5.74) is 3.15. The molecule has 4 nitrogen and oxygen atoms in total. The highest BCUT2D eigenvalue weighted by molar-refractivity contribution is 5.89. The van der Waals surface area contributed by atoms with Crippen LogP contribution >= 0.6 is 0 Å². The van der Waals surface area contributed by atoms with E-state index in [1.54, 1.807) is 0 Å². The Morgan fingerprint density at radius 1 is 0.955 bits per heavy atom. The lowest BCUT2D eigenvalue weighted by atomic mass is 10.1. The lowest BCUT2D eigenvalue weighted by Crippen LogP contribution is -2.34. The SMILES string of the molecule is CC(C)NC(=O)Nc1ccc(NCCc2ccccc2)cc1. The van der Waals surface area contributed by atoms with Crippen LogP contribution in [0, 0.1) is 0 Å². The molecule has 116 valence electrons. The van der Waals surface area contributed by atoms with E-state index in [1.165, 1.54) is 5.56 Å². The lowest BCUT2D eigenvalue weighted by molar-refractivity contribution is 0.250. The first kappa shape index (κ1) is 15.9. The first-order valence-electron chi connectivity index (χ1n) is 7.59. The fraction of sp³-hybridized carbons (Fsp3) is 0.278. The minimum absolute atomic E-state index is 0.124. The van der Waals surface area contributed by atoms with E-state index in [9.17, 15) is 4.79 Å². The van der Waals surface area contributed by atoms with Crippen LogP contribution in [0.4, 0.5) is 16.2 Å². The second-order valence-electron chi connectivity index (χ2n) is 5.49. The highest BCUT2D eigenvalue weighted by Crippen LogP contribution is 2.13. The normalized spacial score (nSPS) is 10.3. The summed E-state index contributed by atoms with van der Waals surface area (Å²) in [6.45, 7) is 4.74. The van der Waals surface area contributed by atoms with Gasteiger partial charge >= 0.3 is 6.03 Å². The maximum atomic E-state index is 11.6. The average molecular weight is 297 g/mol. The Balaban J connectivity index is 1.78. The lowest BCUT2D eigenvalue weighted by Gasteiger charge is -2.11. The molecule has 0 saturated heterocycles. The predicted molar refractivity (Wildman–Crippen MR) is 92.4 cm³/mol. The molecule has 0 saturated carbocycles. The molecule has 0 aliphatic rings. The molecule has 2 rings (SSSR count). The largest absolute Gasteiger partial charge is 0.385 e. The molecule has 4 heteroatoms. The van der Waals surface area contributed by atoms with Gasteiger partial charge < -0.3 is 16.0 Å². The van der Waals surface area contributed by atoms with Gasteiger partial charge in [0.25, 0.3) is 0 Å². The molecule has 0 atom stereocenters. The quantitative estimate of drug-likeness (QED) is 0.758. The number of urea groups is 1. The maximum Gasteiger partial charge on any atom is 0.319 e. The molecule has 3 N–H and O–H groups in total. The van der Waals surface area contributed by atoms with Gasteiger partial charge in [-0.1, -0.05) is 30.3 Å². The second-order valence-corrected chi connectivity index (χ2v) is 5.49. The topological polar surface area (TPSA) is 53.2 Å². The highest BCUT2D eigenvalue weighted by Gasteiger charge is 2.03. The number of benzene rings is 2. The third-order valence-electron chi connectivity index (χ3n) is 3.15. The van der Waals surface area contributed by atoms with Crippen LogP contribution in [0.1, 0.15) is 19.4 Å². The van der Waals surface area contributed by atoms with E-state index in [0.717, 1.165) is 24.3 Å². The fourth-order valence-corrected chi connectivity index (χ4v) is 2.10. The number of amides is 2. The van der Waals surface area contributed by atoms with Crippen molar-refractivity contribution >= 4 is 17.4 Å². The zero-order valence-electron chi connectivity index (χ0n) is 13.1. The van der Waals surface area contributed by atoms with Crippen LogP contribution in [0.15, 0.2) is 54.6 Å². The Hall–Kier alpha value is -2.49. The highest BCUT2D eigenvalue weighted by atomic mass is 16.2. The third kappa shape index (κ3) is 5.48. The molecule has 22 heavy (non-hydrogen) atoms. The molecule has 2 amide bonds. The van der Waals surface area contributed by atoms with E-state index in [2.05, 4.69) is 40.2 Å². The van der Waals surface area contributed by atoms with Crippen molar-refractivity contribution in [1.82, 2.24) is 5.32 Å². The molecule has 0 aliphatic heterocycles. The van der Waals surface area contributed by atoms with Gasteiger partial charge in [0.2, 0.25) is 0 Å². The number of hydrogen-bond donors (Lipinski definition) is 3. The van der Waals surface area contributed by atoms with Crippen LogP contribution in [0.25, 0.3) is 0 Å². The van der Waals surface area contributed by atoms with Gasteiger partial charge in [-0.05, 0) is 50.1 Å². The smallest absolute Gasteiger partial charge is 0.319 e. The van der Waals surface area contributed by atoms with E-state index in [-0.39, 0.29) is 12.1 Å². The van der Waals surface area contributed by atoms with Gasteiger partial charge in [-0.25, -0.2) is 4.79 Å². The molecule has 2 aromatic rings. The molecule has 0 aliphatic carbocycles. The zero-order chi connectivity index (χ0) is 15.8. The predicted octanol–water partition coefficient (Wildman–Crippen LogP) is 3.87.